The highest BCUT2D eigenvalue weighted by Gasteiger charge is 2.39. The normalized spacial score (nSPS) is 18.7. The molecular weight excluding hydrogens is 445 g/mol. The third-order valence-corrected chi connectivity index (χ3v) is 6.77. The highest BCUT2D eigenvalue weighted by molar-refractivity contribution is 7.07. The van der Waals surface area contributed by atoms with Crippen LogP contribution >= 0.6 is 11.3 Å². The van der Waals surface area contributed by atoms with Crippen LogP contribution in [0.2, 0.25) is 0 Å². The van der Waals surface area contributed by atoms with E-state index in [1.807, 2.05) is 4.90 Å². The quantitative estimate of drug-likeness (QED) is 0.736. The van der Waals surface area contributed by atoms with E-state index in [2.05, 4.69) is 31.7 Å². The summed E-state index contributed by atoms with van der Waals surface area (Å²) in [6.07, 6.45) is 4.41. The number of carbonyl (C=O) groups excluding carboxylic acids is 1. The molecule has 11 heteroatoms. The maximum absolute atomic E-state index is 12.5. The van der Waals surface area contributed by atoms with Gasteiger partial charge in [0.1, 0.15) is 5.69 Å². The number of alkyl halides is 3. The molecule has 4 heterocycles. The van der Waals surface area contributed by atoms with E-state index in [1.165, 1.54) is 31.5 Å². The standard InChI is InChI=1S/C19H24N4OS.C2HF3O2/c24-18(17-13-20-6-7-21-17)23-10-4-19(5-11-23)2-8-22(9-3-19)14-16-1-12-25-15-16;3-2(4,5)1(6)7/h1,6-7,12-13,15H,2-5,8-11,14H2;(H,6,7). The molecule has 1 spiro atoms. The van der Waals surface area contributed by atoms with E-state index in [4.69, 9.17) is 9.90 Å². The summed E-state index contributed by atoms with van der Waals surface area (Å²) in [6.45, 7) is 5.12. The van der Waals surface area contributed by atoms with E-state index in [-0.39, 0.29) is 5.91 Å². The molecule has 2 aromatic rings. The summed E-state index contributed by atoms with van der Waals surface area (Å²) in [4.78, 5) is 34.1. The number of piperidine rings is 2. The van der Waals surface area contributed by atoms with Gasteiger partial charge in [-0.1, -0.05) is 0 Å². The number of nitrogens with zero attached hydrogens (tertiary/aromatic N) is 4. The Labute approximate surface area is 187 Å². The predicted molar refractivity (Wildman–Crippen MR) is 112 cm³/mol. The third kappa shape index (κ3) is 6.49. The molecule has 32 heavy (non-hydrogen) atoms. The minimum Gasteiger partial charge on any atom is -0.475 e. The summed E-state index contributed by atoms with van der Waals surface area (Å²) >= 11 is 1.78. The van der Waals surface area contributed by atoms with Gasteiger partial charge in [0.05, 0.1) is 6.20 Å². The van der Waals surface area contributed by atoms with E-state index >= 15 is 0 Å². The van der Waals surface area contributed by atoms with Crippen LogP contribution in [-0.4, -0.2) is 69.1 Å². The van der Waals surface area contributed by atoms with Crippen molar-refractivity contribution in [3.8, 4) is 0 Å². The molecule has 174 valence electrons. The highest BCUT2D eigenvalue weighted by Crippen LogP contribution is 2.41. The molecule has 0 aromatic carbocycles. The number of amides is 1. The summed E-state index contributed by atoms with van der Waals surface area (Å²) < 4.78 is 31.7. The van der Waals surface area contributed by atoms with Crippen LogP contribution in [0, 0.1) is 5.41 Å². The van der Waals surface area contributed by atoms with Gasteiger partial charge in [0.25, 0.3) is 5.91 Å². The number of carboxylic acids is 1. The van der Waals surface area contributed by atoms with Gasteiger partial charge in [0.15, 0.2) is 0 Å². The van der Waals surface area contributed by atoms with Crippen molar-refractivity contribution in [2.75, 3.05) is 26.2 Å². The van der Waals surface area contributed by atoms with Crippen LogP contribution in [0.4, 0.5) is 13.2 Å². The van der Waals surface area contributed by atoms with Crippen LogP contribution in [0.1, 0.15) is 41.7 Å². The summed E-state index contributed by atoms with van der Waals surface area (Å²) in [5, 5.41) is 11.5. The Hall–Kier alpha value is -2.53. The van der Waals surface area contributed by atoms with Crippen LogP contribution in [0.5, 0.6) is 0 Å². The first-order chi connectivity index (χ1) is 15.2. The van der Waals surface area contributed by atoms with E-state index in [0.717, 1.165) is 32.5 Å². The Kier molecular flexibility index (Phi) is 7.83. The molecule has 4 rings (SSSR count). The second kappa shape index (κ2) is 10.4. The fourth-order valence-electron chi connectivity index (χ4n) is 4.08. The third-order valence-electron chi connectivity index (χ3n) is 6.04. The zero-order valence-corrected chi connectivity index (χ0v) is 18.2. The molecule has 0 bridgehead atoms. The Morgan fingerprint density at radius 1 is 1.09 bits per heavy atom. The van der Waals surface area contributed by atoms with E-state index in [0.29, 0.717) is 11.1 Å². The molecule has 0 atom stereocenters. The van der Waals surface area contributed by atoms with Gasteiger partial charge in [-0.3, -0.25) is 14.7 Å². The van der Waals surface area contributed by atoms with Crippen LogP contribution in [0.25, 0.3) is 0 Å². The van der Waals surface area contributed by atoms with E-state index < -0.39 is 12.1 Å². The smallest absolute Gasteiger partial charge is 0.475 e. The van der Waals surface area contributed by atoms with Gasteiger partial charge in [0, 0.05) is 32.0 Å². The Bertz CT molecular complexity index is 875. The topological polar surface area (TPSA) is 86.6 Å². The van der Waals surface area contributed by atoms with Crippen LogP contribution in [0.3, 0.4) is 0 Å². The van der Waals surface area contributed by atoms with Crippen molar-refractivity contribution in [2.45, 2.75) is 38.4 Å². The fraction of sp³-hybridized carbons (Fsp3) is 0.524. The highest BCUT2D eigenvalue weighted by atomic mass is 32.1. The monoisotopic (exact) mass is 470 g/mol. The number of aromatic nitrogens is 2. The molecule has 7 nitrogen and oxygen atoms in total. The molecule has 0 radical (unpaired) electrons. The lowest BCUT2D eigenvalue weighted by atomic mass is 9.71. The second-order valence-electron chi connectivity index (χ2n) is 8.09. The molecule has 2 aliphatic rings. The summed E-state index contributed by atoms with van der Waals surface area (Å²) in [5.41, 5.74) is 2.33. The van der Waals surface area contributed by atoms with Crippen LogP contribution < -0.4 is 0 Å². The first kappa shape index (κ1) is 24.1. The van der Waals surface area contributed by atoms with Gasteiger partial charge in [-0.25, -0.2) is 9.78 Å². The number of likely N-dealkylation sites (tertiary alicyclic amines) is 2. The molecule has 2 fully saturated rings. The Morgan fingerprint density at radius 2 is 1.72 bits per heavy atom. The van der Waals surface area contributed by atoms with E-state index in [9.17, 15) is 18.0 Å². The molecule has 0 aliphatic carbocycles. The van der Waals surface area contributed by atoms with Crippen molar-refractivity contribution in [3.05, 3.63) is 46.7 Å². The molecule has 1 amide bonds. The maximum Gasteiger partial charge on any atom is 0.490 e. The molecule has 2 saturated heterocycles. The van der Waals surface area contributed by atoms with Gasteiger partial charge < -0.3 is 10.0 Å². The number of halogens is 3. The number of carbonyl (C=O) groups is 2. The fourth-order valence-corrected chi connectivity index (χ4v) is 4.74. The lowest BCUT2D eigenvalue weighted by Gasteiger charge is -2.46. The van der Waals surface area contributed by atoms with Crippen molar-refractivity contribution < 1.29 is 27.9 Å². The average Bonchev–Trinajstić information content (AvgIpc) is 3.29. The van der Waals surface area contributed by atoms with Gasteiger partial charge in [-0.05, 0) is 66.6 Å². The number of hydrogen-bond acceptors (Lipinski definition) is 6. The zero-order valence-electron chi connectivity index (χ0n) is 17.4. The Balaban J connectivity index is 0.000000360. The van der Waals surface area contributed by atoms with Gasteiger partial charge in [-0.2, -0.15) is 24.5 Å². The lowest BCUT2D eigenvalue weighted by molar-refractivity contribution is -0.192. The van der Waals surface area contributed by atoms with Gasteiger partial charge in [-0.15, -0.1) is 0 Å². The molecule has 1 N–H and O–H groups in total. The first-order valence-electron chi connectivity index (χ1n) is 10.3. The number of aliphatic carboxylic acids is 1. The molecule has 0 unspecified atom stereocenters. The van der Waals surface area contributed by atoms with Crippen molar-refractivity contribution >= 4 is 23.2 Å². The predicted octanol–water partition coefficient (Wildman–Crippen LogP) is 3.69. The number of rotatable bonds is 3. The summed E-state index contributed by atoms with van der Waals surface area (Å²) in [7, 11) is 0. The average molecular weight is 471 g/mol. The minimum atomic E-state index is -5.08. The van der Waals surface area contributed by atoms with Crippen molar-refractivity contribution in [1.82, 2.24) is 19.8 Å². The SMILES string of the molecule is O=C(O)C(F)(F)F.O=C(c1cnccn1)N1CCC2(CCN(Cc3ccsc3)CC2)CC1. The van der Waals surface area contributed by atoms with Crippen molar-refractivity contribution in [3.63, 3.8) is 0 Å². The summed E-state index contributed by atoms with van der Waals surface area (Å²) in [6, 6.07) is 2.23. The van der Waals surface area contributed by atoms with Crippen LogP contribution in [-0.2, 0) is 11.3 Å². The zero-order chi connectivity index (χ0) is 23.2. The summed E-state index contributed by atoms with van der Waals surface area (Å²) in [5.74, 6) is -2.73. The molecule has 0 saturated carbocycles. The number of thiophene rings is 1. The minimum absolute atomic E-state index is 0.0258. The van der Waals surface area contributed by atoms with Crippen molar-refractivity contribution in [1.29, 1.82) is 0 Å². The number of carboxylic acid groups (broad SMARTS) is 1. The largest absolute Gasteiger partial charge is 0.490 e. The lowest BCUT2D eigenvalue weighted by Crippen LogP contribution is -2.48. The molecule has 2 aromatic heterocycles. The Morgan fingerprint density at radius 3 is 2.22 bits per heavy atom. The molecule has 2 aliphatic heterocycles. The van der Waals surface area contributed by atoms with Gasteiger partial charge >= 0.3 is 12.1 Å². The van der Waals surface area contributed by atoms with E-state index in [1.54, 1.807) is 29.9 Å². The second-order valence-corrected chi connectivity index (χ2v) is 8.87. The van der Waals surface area contributed by atoms with Gasteiger partial charge in [0.2, 0.25) is 0 Å². The maximum atomic E-state index is 12.5. The number of hydrogen-bond donors (Lipinski definition) is 1. The first-order valence-corrected chi connectivity index (χ1v) is 11.2. The van der Waals surface area contributed by atoms with Crippen LogP contribution in [0.15, 0.2) is 35.4 Å². The molecular formula is C21H25F3N4O3S. The van der Waals surface area contributed by atoms with Crippen molar-refractivity contribution in [2.24, 2.45) is 5.41 Å².